The molecule has 8 heteroatoms. The molecule has 0 aromatic heterocycles. The molecule has 2 rings (SSSR count). The zero-order valence-electron chi connectivity index (χ0n) is 15.1. The Balaban J connectivity index is 2.43. The topological polar surface area (TPSA) is 75.3 Å². The zero-order valence-corrected chi connectivity index (χ0v) is 15.9. The van der Waals surface area contributed by atoms with Crippen molar-refractivity contribution in [2.45, 2.75) is 0 Å². The average molecular weight is 382 g/mol. The fraction of sp³-hybridized carbons (Fsp3) is 0.278. The third-order valence-corrected chi connectivity index (χ3v) is 3.97. The van der Waals surface area contributed by atoms with Crippen molar-refractivity contribution in [1.82, 2.24) is 0 Å². The van der Waals surface area contributed by atoms with E-state index >= 15 is 0 Å². The average Bonchev–Trinajstić information content (AvgIpc) is 2.66. The highest BCUT2D eigenvalue weighted by molar-refractivity contribution is 6.32. The van der Waals surface area contributed by atoms with Crippen molar-refractivity contribution in [3.63, 3.8) is 0 Å². The molecule has 0 atom stereocenters. The summed E-state index contributed by atoms with van der Waals surface area (Å²) in [6.07, 6.45) is 0. The van der Waals surface area contributed by atoms with E-state index < -0.39 is 5.91 Å². The molecular formula is C18H20ClNO6. The van der Waals surface area contributed by atoms with Crippen molar-refractivity contribution in [1.29, 1.82) is 0 Å². The molecule has 2 aromatic carbocycles. The minimum Gasteiger partial charge on any atom is -0.496 e. The molecule has 140 valence electrons. The number of amides is 1. The second-order valence-electron chi connectivity index (χ2n) is 5.05. The number of halogens is 1. The summed E-state index contributed by atoms with van der Waals surface area (Å²) in [6.45, 7) is 0. The summed E-state index contributed by atoms with van der Waals surface area (Å²) in [6, 6.07) is 6.24. The summed E-state index contributed by atoms with van der Waals surface area (Å²) in [5.41, 5.74) is 0.652. The van der Waals surface area contributed by atoms with E-state index in [0.29, 0.717) is 39.5 Å². The molecule has 0 fully saturated rings. The van der Waals surface area contributed by atoms with Crippen LogP contribution in [0.15, 0.2) is 24.3 Å². The van der Waals surface area contributed by atoms with Crippen molar-refractivity contribution in [2.75, 3.05) is 40.9 Å². The second kappa shape index (κ2) is 8.53. The number of benzene rings is 2. The van der Waals surface area contributed by atoms with E-state index in [1.165, 1.54) is 41.6 Å². The van der Waals surface area contributed by atoms with Gasteiger partial charge in [-0.05, 0) is 6.07 Å². The Kier molecular flexibility index (Phi) is 6.41. The normalized spacial score (nSPS) is 10.1. The fourth-order valence-corrected chi connectivity index (χ4v) is 2.59. The monoisotopic (exact) mass is 381 g/mol. The summed E-state index contributed by atoms with van der Waals surface area (Å²) in [7, 11) is 7.42. The summed E-state index contributed by atoms with van der Waals surface area (Å²) in [5, 5.41) is 3.09. The van der Waals surface area contributed by atoms with Crippen LogP contribution >= 0.6 is 11.6 Å². The van der Waals surface area contributed by atoms with E-state index in [0.717, 1.165) is 0 Å². The SMILES string of the molecule is COc1cc(OC)c(NC(=O)c2cc(OC)c(OC)cc2OC)cc1Cl. The van der Waals surface area contributed by atoms with E-state index in [9.17, 15) is 4.79 Å². The van der Waals surface area contributed by atoms with Crippen LogP contribution < -0.4 is 29.0 Å². The molecule has 1 N–H and O–H groups in total. The number of anilines is 1. The molecule has 26 heavy (non-hydrogen) atoms. The lowest BCUT2D eigenvalue weighted by atomic mass is 10.1. The van der Waals surface area contributed by atoms with Crippen molar-refractivity contribution < 1.29 is 28.5 Å². The van der Waals surface area contributed by atoms with Gasteiger partial charge in [0.1, 0.15) is 17.2 Å². The first-order valence-electron chi connectivity index (χ1n) is 7.51. The van der Waals surface area contributed by atoms with Gasteiger partial charge in [0.25, 0.3) is 5.91 Å². The van der Waals surface area contributed by atoms with E-state index in [2.05, 4.69) is 5.32 Å². The largest absolute Gasteiger partial charge is 0.496 e. The number of hydrogen-bond acceptors (Lipinski definition) is 6. The van der Waals surface area contributed by atoms with E-state index in [-0.39, 0.29) is 5.56 Å². The summed E-state index contributed by atoms with van der Waals surface area (Å²) in [5.74, 6) is 1.59. The summed E-state index contributed by atoms with van der Waals surface area (Å²) >= 11 is 6.14. The molecule has 0 unspecified atom stereocenters. The molecule has 0 spiro atoms. The lowest BCUT2D eigenvalue weighted by Crippen LogP contribution is -2.14. The van der Waals surface area contributed by atoms with Gasteiger partial charge in [0, 0.05) is 18.2 Å². The van der Waals surface area contributed by atoms with Crippen molar-refractivity contribution in [3.05, 3.63) is 34.9 Å². The number of nitrogens with one attached hydrogen (secondary N) is 1. The minimum atomic E-state index is -0.428. The Morgan fingerprint density at radius 2 is 1.23 bits per heavy atom. The molecule has 0 radical (unpaired) electrons. The number of methoxy groups -OCH3 is 5. The van der Waals surface area contributed by atoms with Gasteiger partial charge in [-0.1, -0.05) is 11.6 Å². The van der Waals surface area contributed by atoms with Crippen molar-refractivity contribution in [2.24, 2.45) is 0 Å². The van der Waals surface area contributed by atoms with Crippen LogP contribution in [-0.4, -0.2) is 41.5 Å². The molecule has 0 aliphatic carbocycles. The number of hydrogen-bond donors (Lipinski definition) is 1. The van der Waals surface area contributed by atoms with Crippen LogP contribution in [0.3, 0.4) is 0 Å². The van der Waals surface area contributed by atoms with Crippen LogP contribution in [0.1, 0.15) is 10.4 Å². The lowest BCUT2D eigenvalue weighted by molar-refractivity contribution is 0.102. The first kappa shape index (κ1) is 19.5. The smallest absolute Gasteiger partial charge is 0.259 e. The van der Waals surface area contributed by atoms with Gasteiger partial charge in [0.05, 0.1) is 51.8 Å². The molecule has 2 aromatic rings. The van der Waals surface area contributed by atoms with Gasteiger partial charge in [-0.2, -0.15) is 0 Å². The van der Waals surface area contributed by atoms with Gasteiger partial charge < -0.3 is 29.0 Å². The first-order valence-corrected chi connectivity index (χ1v) is 7.89. The van der Waals surface area contributed by atoms with Crippen molar-refractivity contribution >= 4 is 23.2 Å². The first-order chi connectivity index (χ1) is 12.5. The third kappa shape index (κ3) is 3.88. The van der Waals surface area contributed by atoms with E-state index in [1.54, 1.807) is 18.2 Å². The Morgan fingerprint density at radius 1 is 0.731 bits per heavy atom. The molecule has 0 saturated heterocycles. The molecule has 0 heterocycles. The van der Waals surface area contributed by atoms with Crippen LogP contribution in [0.25, 0.3) is 0 Å². The van der Waals surface area contributed by atoms with E-state index in [1.807, 2.05) is 0 Å². The lowest BCUT2D eigenvalue weighted by Gasteiger charge is -2.16. The van der Waals surface area contributed by atoms with Crippen LogP contribution in [0.5, 0.6) is 28.7 Å². The Hall–Kier alpha value is -2.80. The van der Waals surface area contributed by atoms with Gasteiger partial charge in [0.15, 0.2) is 11.5 Å². The number of rotatable bonds is 7. The molecule has 0 aliphatic rings. The number of carbonyl (C=O) groups excluding carboxylic acids is 1. The van der Waals surface area contributed by atoms with Gasteiger partial charge in [-0.25, -0.2) is 0 Å². The van der Waals surface area contributed by atoms with Crippen molar-refractivity contribution in [3.8, 4) is 28.7 Å². The quantitative estimate of drug-likeness (QED) is 0.789. The molecular weight excluding hydrogens is 362 g/mol. The zero-order chi connectivity index (χ0) is 19.3. The fourth-order valence-electron chi connectivity index (χ4n) is 2.35. The maximum atomic E-state index is 12.8. The minimum absolute atomic E-state index is 0.263. The van der Waals surface area contributed by atoms with Gasteiger partial charge >= 0.3 is 0 Å². The van der Waals surface area contributed by atoms with Crippen LogP contribution in [0, 0.1) is 0 Å². The molecule has 0 bridgehead atoms. The Labute approximate surface area is 156 Å². The maximum absolute atomic E-state index is 12.8. The molecule has 7 nitrogen and oxygen atoms in total. The van der Waals surface area contributed by atoms with Crippen LogP contribution in [-0.2, 0) is 0 Å². The predicted octanol–water partition coefficient (Wildman–Crippen LogP) is 3.64. The molecule has 0 aliphatic heterocycles. The highest BCUT2D eigenvalue weighted by Crippen LogP contribution is 2.38. The standard InChI is InChI=1S/C18H20ClNO6/c1-22-13-8-17(26-5)16(25-4)6-10(13)18(21)20-12-7-11(19)14(23-2)9-15(12)24-3/h6-9H,1-5H3,(H,20,21). The molecule has 1 amide bonds. The van der Waals surface area contributed by atoms with Gasteiger partial charge in [-0.3, -0.25) is 4.79 Å². The third-order valence-electron chi connectivity index (χ3n) is 3.67. The number of carbonyl (C=O) groups is 1. The Morgan fingerprint density at radius 3 is 1.77 bits per heavy atom. The number of ether oxygens (including phenoxy) is 5. The highest BCUT2D eigenvalue weighted by atomic mass is 35.5. The predicted molar refractivity (Wildman–Crippen MR) is 98.6 cm³/mol. The maximum Gasteiger partial charge on any atom is 0.259 e. The van der Waals surface area contributed by atoms with E-state index in [4.69, 9.17) is 35.3 Å². The summed E-state index contributed by atoms with van der Waals surface area (Å²) < 4.78 is 26.2. The van der Waals surface area contributed by atoms with Crippen LogP contribution in [0.4, 0.5) is 5.69 Å². The second-order valence-corrected chi connectivity index (χ2v) is 5.46. The van der Waals surface area contributed by atoms with Crippen LogP contribution in [0.2, 0.25) is 5.02 Å². The summed E-state index contributed by atoms with van der Waals surface area (Å²) in [4.78, 5) is 12.8. The highest BCUT2D eigenvalue weighted by Gasteiger charge is 2.20. The van der Waals surface area contributed by atoms with Gasteiger partial charge in [0.2, 0.25) is 0 Å². The Bertz CT molecular complexity index is 809. The van der Waals surface area contributed by atoms with Gasteiger partial charge in [-0.15, -0.1) is 0 Å². The molecule has 0 saturated carbocycles.